The number of rotatable bonds is 2. The van der Waals surface area contributed by atoms with Gasteiger partial charge in [0.2, 0.25) is 0 Å². The molecule has 0 bridgehead atoms. The van der Waals surface area contributed by atoms with Gasteiger partial charge in [0.15, 0.2) is 0 Å². The van der Waals surface area contributed by atoms with E-state index in [0.717, 1.165) is 23.7 Å². The molecule has 0 atom stereocenters. The highest BCUT2D eigenvalue weighted by Crippen LogP contribution is 2.29. The van der Waals surface area contributed by atoms with E-state index in [9.17, 15) is 18.0 Å². The molecular formula is C16H17F3N4OS. The first-order valence-electron chi connectivity index (χ1n) is 7.84. The number of halogens is 3. The summed E-state index contributed by atoms with van der Waals surface area (Å²) in [6, 6.07) is 2.42. The topological polar surface area (TPSA) is 49.3 Å². The zero-order valence-corrected chi connectivity index (χ0v) is 14.4. The highest BCUT2D eigenvalue weighted by Gasteiger charge is 2.31. The fourth-order valence-electron chi connectivity index (χ4n) is 2.71. The third-order valence-corrected chi connectivity index (χ3v) is 4.92. The number of carbonyl (C=O) groups is 1. The SMILES string of the molecule is Cc1ncc(C(=O)N2CCCN(c3ccc(C(F)(F)F)cn3)CC2)s1. The molecule has 2 aromatic heterocycles. The molecule has 134 valence electrons. The lowest BCUT2D eigenvalue weighted by Crippen LogP contribution is -2.35. The molecule has 3 rings (SSSR count). The Labute approximate surface area is 147 Å². The van der Waals surface area contributed by atoms with Crippen molar-refractivity contribution < 1.29 is 18.0 Å². The van der Waals surface area contributed by atoms with E-state index in [1.54, 1.807) is 11.1 Å². The third kappa shape index (κ3) is 4.09. The minimum atomic E-state index is -4.39. The van der Waals surface area contributed by atoms with Gasteiger partial charge in [0.05, 0.1) is 16.8 Å². The summed E-state index contributed by atoms with van der Waals surface area (Å²) in [6.45, 7) is 4.12. The van der Waals surface area contributed by atoms with Crippen LogP contribution >= 0.6 is 11.3 Å². The largest absolute Gasteiger partial charge is 0.417 e. The second kappa shape index (κ2) is 6.99. The molecule has 25 heavy (non-hydrogen) atoms. The molecule has 9 heteroatoms. The van der Waals surface area contributed by atoms with E-state index in [-0.39, 0.29) is 5.91 Å². The first-order chi connectivity index (χ1) is 11.8. The molecule has 3 heterocycles. The second-order valence-corrected chi connectivity index (χ2v) is 7.01. The Bertz CT molecular complexity index is 745. The summed E-state index contributed by atoms with van der Waals surface area (Å²) in [6.07, 6.45) is -1.22. The maximum absolute atomic E-state index is 12.6. The van der Waals surface area contributed by atoms with Crippen molar-refractivity contribution in [2.45, 2.75) is 19.5 Å². The second-order valence-electron chi connectivity index (χ2n) is 5.78. The van der Waals surface area contributed by atoms with Gasteiger partial charge in [-0.25, -0.2) is 9.97 Å². The first-order valence-corrected chi connectivity index (χ1v) is 8.66. The van der Waals surface area contributed by atoms with E-state index in [0.29, 0.717) is 36.9 Å². The zero-order valence-electron chi connectivity index (χ0n) is 13.6. The van der Waals surface area contributed by atoms with E-state index in [4.69, 9.17) is 0 Å². The number of thiazole rings is 1. The number of aromatic nitrogens is 2. The molecule has 1 fully saturated rings. The maximum atomic E-state index is 12.6. The summed E-state index contributed by atoms with van der Waals surface area (Å²) >= 11 is 1.36. The van der Waals surface area contributed by atoms with Gasteiger partial charge in [-0.05, 0) is 25.5 Å². The quantitative estimate of drug-likeness (QED) is 0.815. The van der Waals surface area contributed by atoms with E-state index < -0.39 is 11.7 Å². The van der Waals surface area contributed by atoms with Crippen LogP contribution in [0.5, 0.6) is 0 Å². The Kier molecular flexibility index (Phi) is 4.94. The normalized spacial score (nSPS) is 16.0. The first kappa shape index (κ1) is 17.7. The van der Waals surface area contributed by atoms with Gasteiger partial charge < -0.3 is 9.80 Å². The van der Waals surface area contributed by atoms with Crippen LogP contribution in [-0.2, 0) is 6.18 Å². The number of alkyl halides is 3. The van der Waals surface area contributed by atoms with Crippen molar-refractivity contribution in [1.29, 1.82) is 0 Å². The minimum Gasteiger partial charge on any atom is -0.355 e. The minimum absolute atomic E-state index is 0.0483. The Balaban J connectivity index is 1.66. The van der Waals surface area contributed by atoms with E-state index in [2.05, 4.69) is 9.97 Å². The Morgan fingerprint density at radius 1 is 1.12 bits per heavy atom. The Morgan fingerprint density at radius 2 is 1.92 bits per heavy atom. The van der Waals surface area contributed by atoms with E-state index >= 15 is 0 Å². The van der Waals surface area contributed by atoms with Crippen LogP contribution in [0, 0.1) is 6.92 Å². The lowest BCUT2D eigenvalue weighted by molar-refractivity contribution is -0.137. The van der Waals surface area contributed by atoms with Gasteiger partial charge in [-0.2, -0.15) is 13.2 Å². The average molecular weight is 370 g/mol. The monoisotopic (exact) mass is 370 g/mol. The molecule has 0 unspecified atom stereocenters. The maximum Gasteiger partial charge on any atom is 0.417 e. The zero-order chi connectivity index (χ0) is 18.0. The standard InChI is InChI=1S/C16H17F3N4OS/c1-11-20-10-13(25-11)15(24)23-6-2-5-22(7-8-23)14-4-3-12(9-21-14)16(17,18)19/h3-4,9-10H,2,5-8H2,1H3. The van der Waals surface area contributed by atoms with E-state index in [1.807, 2.05) is 11.8 Å². The summed E-state index contributed by atoms with van der Waals surface area (Å²) in [5.74, 6) is 0.448. The van der Waals surface area contributed by atoms with Gasteiger partial charge >= 0.3 is 6.18 Å². The van der Waals surface area contributed by atoms with E-state index in [1.165, 1.54) is 17.4 Å². The molecular weight excluding hydrogens is 353 g/mol. The van der Waals surface area contributed by atoms with Crippen LogP contribution in [0.15, 0.2) is 24.5 Å². The van der Waals surface area contributed by atoms with Crippen molar-refractivity contribution in [3.8, 4) is 0 Å². The molecule has 1 amide bonds. The van der Waals surface area contributed by atoms with Crippen molar-refractivity contribution in [1.82, 2.24) is 14.9 Å². The van der Waals surface area contributed by atoms with Crippen LogP contribution in [0.25, 0.3) is 0 Å². The van der Waals surface area contributed by atoms with Crippen molar-refractivity contribution in [2.75, 3.05) is 31.1 Å². The third-order valence-electron chi connectivity index (χ3n) is 4.01. The van der Waals surface area contributed by atoms with Gasteiger partial charge in [0.25, 0.3) is 5.91 Å². The number of hydrogen-bond acceptors (Lipinski definition) is 5. The fourth-order valence-corrected chi connectivity index (χ4v) is 3.45. The lowest BCUT2D eigenvalue weighted by Gasteiger charge is -2.22. The van der Waals surface area contributed by atoms with Crippen LogP contribution in [0.2, 0.25) is 0 Å². The van der Waals surface area contributed by atoms with Crippen LogP contribution < -0.4 is 4.90 Å². The van der Waals surface area contributed by atoms with Gasteiger partial charge in [-0.1, -0.05) is 0 Å². The van der Waals surface area contributed by atoms with Crippen molar-refractivity contribution in [3.05, 3.63) is 40.0 Å². The number of carbonyl (C=O) groups excluding carboxylic acids is 1. The van der Waals surface area contributed by atoms with Crippen LogP contribution in [0.4, 0.5) is 19.0 Å². The summed E-state index contributed by atoms with van der Waals surface area (Å²) < 4.78 is 37.9. The summed E-state index contributed by atoms with van der Waals surface area (Å²) in [5, 5.41) is 0.841. The van der Waals surface area contributed by atoms with Gasteiger partial charge in [-0.3, -0.25) is 4.79 Å². The predicted octanol–water partition coefficient (Wildman–Crippen LogP) is 3.22. The molecule has 1 aliphatic heterocycles. The molecule has 1 aliphatic rings. The van der Waals surface area contributed by atoms with Crippen molar-refractivity contribution in [2.24, 2.45) is 0 Å². The molecule has 0 aromatic carbocycles. The number of hydrogen-bond donors (Lipinski definition) is 0. The van der Waals surface area contributed by atoms with Crippen LogP contribution in [-0.4, -0.2) is 47.0 Å². The Morgan fingerprint density at radius 3 is 2.52 bits per heavy atom. The molecule has 0 aliphatic carbocycles. The highest BCUT2D eigenvalue weighted by atomic mass is 32.1. The number of pyridine rings is 1. The molecule has 1 saturated heterocycles. The summed E-state index contributed by atoms with van der Waals surface area (Å²) in [4.78, 5) is 24.8. The smallest absolute Gasteiger partial charge is 0.355 e. The van der Waals surface area contributed by atoms with Crippen LogP contribution in [0.3, 0.4) is 0 Å². The molecule has 0 saturated carbocycles. The fraction of sp³-hybridized carbons (Fsp3) is 0.438. The number of anilines is 1. The van der Waals surface area contributed by atoms with Gasteiger partial charge in [-0.15, -0.1) is 11.3 Å². The Hall–Kier alpha value is -2.16. The van der Waals surface area contributed by atoms with Crippen molar-refractivity contribution >= 4 is 23.1 Å². The summed E-state index contributed by atoms with van der Waals surface area (Å²) in [7, 11) is 0. The number of nitrogens with zero attached hydrogens (tertiary/aromatic N) is 4. The molecule has 0 spiro atoms. The molecule has 0 radical (unpaired) electrons. The van der Waals surface area contributed by atoms with Crippen molar-refractivity contribution in [3.63, 3.8) is 0 Å². The lowest BCUT2D eigenvalue weighted by atomic mass is 10.2. The molecule has 5 nitrogen and oxygen atoms in total. The molecule has 2 aromatic rings. The van der Waals surface area contributed by atoms with Gasteiger partial charge in [0, 0.05) is 32.4 Å². The molecule has 0 N–H and O–H groups in total. The van der Waals surface area contributed by atoms with Gasteiger partial charge in [0.1, 0.15) is 10.7 Å². The number of aryl methyl sites for hydroxylation is 1. The average Bonchev–Trinajstić information content (AvgIpc) is 2.86. The van der Waals surface area contributed by atoms with Crippen LogP contribution in [0.1, 0.15) is 26.7 Å². The number of amides is 1. The summed E-state index contributed by atoms with van der Waals surface area (Å²) in [5.41, 5.74) is -0.761. The predicted molar refractivity (Wildman–Crippen MR) is 88.8 cm³/mol. The highest BCUT2D eigenvalue weighted by molar-refractivity contribution is 7.13.